The molecule has 6 heteroatoms. The van der Waals surface area contributed by atoms with Crippen molar-refractivity contribution in [2.24, 2.45) is 5.92 Å². The first-order valence-electron chi connectivity index (χ1n) is 8.04. The van der Waals surface area contributed by atoms with Crippen LogP contribution in [0.3, 0.4) is 0 Å². The van der Waals surface area contributed by atoms with Crippen molar-refractivity contribution in [1.82, 2.24) is 14.9 Å². The zero-order valence-electron chi connectivity index (χ0n) is 13.6. The van der Waals surface area contributed by atoms with E-state index in [4.69, 9.17) is 5.26 Å². The van der Waals surface area contributed by atoms with Crippen molar-refractivity contribution in [3.05, 3.63) is 47.9 Å². The zero-order valence-corrected chi connectivity index (χ0v) is 13.6. The van der Waals surface area contributed by atoms with Crippen molar-refractivity contribution in [2.75, 3.05) is 18.4 Å². The van der Waals surface area contributed by atoms with Crippen molar-refractivity contribution < 1.29 is 4.79 Å². The number of aromatic nitrogens is 2. The molecule has 24 heavy (non-hydrogen) atoms. The van der Waals surface area contributed by atoms with Crippen LogP contribution in [0.5, 0.6) is 0 Å². The lowest BCUT2D eigenvalue weighted by molar-refractivity contribution is 0.0691. The maximum Gasteiger partial charge on any atom is 0.274 e. The Hall–Kier alpha value is -2.94. The van der Waals surface area contributed by atoms with Crippen LogP contribution >= 0.6 is 0 Å². The summed E-state index contributed by atoms with van der Waals surface area (Å²) < 4.78 is 0. The number of benzene rings is 1. The number of nitrogens with one attached hydrogen (secondary N) is 1. The molecule has 1 amide bonds. The van der Waals surface area contributed by atoms with E-state index in [1.165, 1.54) is 6.20 Å². The van der Waals surface area contributed by atoms with Crippen LogP contribution in [0, 0.1) is 17.2 Å². The monoisotopic (exact) mass is 321 g/mol. The van der Waals surface area contributed by atoms with Gasteiger partial charge in [-0.05, 0) is 37.0 Å². The largest absolute Gasteiger partial charge is 0.339 e. The third kappa shape index (κ3) is 3.69. The predicted octanol–water partition coefficient (Wildman–Crippen LogP) is 2.96. The highest BCUT2D eigenvalue weighted by Crippen LogP contribution is 2.18. The fourth-order valence-corrected chi connectivity index (χ4v) is 2.69. The molecule has 0 saturated carbocycles. The predicted molar refractivity (Wildman–Crippen MR) is 90.8 cm³/mol. The van der Waals surface area contributed by atoms with Gasteiger partial charge in [0.05, 0.1) is 24.0 Å². The number of amides is 1. The van der Waals surface area contributed by atoms with Crippen LogP contribution in [-0.4, -0.2) is 33.9 Å². The number of hydrogen-bond acceptors (Lipinski definition) is 5. The van der Waals surface area contributed by atoms with Gasteiger partial charge in [-0.25, -0.2) is 9.97 Å². The Labute approximate surface area is 141 Å². The number of carbonyl (C=O) groups excluding carboxylic acids is 1. The van der Waals surface area contributed by atoms with E-state index in [1.807, 2.05) is 11.0 Å². The summed E-state index contributed by atoms with van der Waals surface area (Å²) in [5.41, 5.74) is 1.69. The maximum atomic E-state index is 12.4. The van der Waals surface area contributed by atoms with Gasteiger partial charge in [0.25, 0.3) is 5.91 Å². The smallest absolute Gasteiger partial charge is 0.274 e. The molecule has 6 nitrogen and oxygen atoms in total. The third-order valence-corrected chi connectivity index (χ3v) is 4.21. The normalized spacial score (nSPS) is 14.9. The van der Waals surface area contributed by atoms with E-state index in [0.717, 1.165) is 31.6 Å². The molecule has 0 aliphatic carbocycles. The van der Waals surface area contributed by atoms with Gasteiger partial charge in [0.2, 0.25) is 0 Å². The summed E-state index contributed by atoms with van der Waals surface area (Å²) >= 11 is 0. The number of carbonyl (C=O) groups is 1. The van der Waals surface area contributed by atoms with Crippen molar-refractivity contribution in [2.45, 2.75) is 19.8 Å². The first-order chi connectivity index (χ1) is 11.7. The maximum absolute atomic E-state index is 12.4. The molecule has 3 rings (SSSR count). The molecule has 1 aliphatic rings. The van der Waals surface area contributed by atoms with Gasteiger partial charge in [0.1, 0.15) is 11.5 Å². The summed E-state index contributed by atoms with van der Waals surface area (Å²) in [5, 5.41) is 12.0. The number of rotatable bonds is 3. The van der Waals surface area contributed by atoms with Crippen LogP contribution in [-0.2, 0) is 0 Å². The number of likely N-dealkylation sites (tertiary alicyclic amines) is 1. The molecule has 1 aliphatic heterocycles. The van der Waals surface area contributed by atoms with E-state index < -0.39 is 0 Å². The molecule has 1 fully saturated rings. The highest BCUT2D eigenvalue weighted by atomic mass is 16.2. The minimum atomic E-state index is -0.0626. The van der Waals surface area contributed by atoms with Gasteiger partial charge in [-0.1, -0.05) is 13.0 Å². The SMILES string of the molecule is CC1CCN(C(=O)c2cnc(Nc3cccc(C#N)c3)cn2)CC1. The second-order valence-corrected chi connectivity index (χ2v) is 6.08. The fourth-order valence-electron chi connectivity index (χ4n) is 2.69. The molecule has 0 bridgehead atoms. The zero-order chi connectivity index (χ0) is 16.9. The van der Waals surface area contributed by atoms with Gasteiger partial charge in [-0.3, -0.25) is 4.79 Å². The molecule has 1 aromatic carbocycles. The van der Waals surface area contributed by atoms with Crippen LogP contribution in [0.2, 0.25) is 0 Å². The van der Waals surface area contributed by atoms with Crippen molar-refractivity contribution in [3.63, 3.8) is 0 Å². The number of nitrogens with zero attached hydrogens (tertiary/aromatic N) is 4. The van der Waals surface area contributed by atoms with Crippen molar-refractivity contribution >= 4 is 17.4 Å². The summed E-state index contributed by atoms with van der Waals surface area (Å²) in [6.45, 7) is 3.77. The topological polar surface area (TPSA) is 81.9 Å². The van der Waals surface area contributed by atoms with Crippen molar-refractivity contribution in [3.8, 4) is 6.07 Å². The average Bonchev–Trinajstić information content (AvgIpc) is 2.62. The Morgan fingerprint density at radius 2 is 2.08 bits per heavy atom. The lowest BCUT2D eigenvalue weighted by atomic mass is 9.99. The summed E-state index contributed by atoms with van der Waals surface area (Å²) in [6, 6.07) is 9.20. The number of nitriles is 1. The van der Waals surface area contributed by atoms with Gasteiger partial charge < -0.3 is 10.2 Å². The van der Waals surface area contributed by atoms with Crippen molar-refractivity contribution in [1.29, 1.82) is 5.26 Å². The summed E-state index contributed by atoms with van der Waals surface area (Å²) in [4.78, 5) is 22.8. The lowest BCUT2D eigenvalue weighted by Gasteiger charge is -2.29. The highest BCUT2D eigenvalue weighted by Gasteiger charge is 2.22. The first-order valence-corrected chi connectivity index (χ1v) is 8.04. The summed E-state index contributed by atoms with van der Waals surface area (Å²) in [5.74, 6) is 1.15. The van der Waals surface area contributed by atoms with Crippen LogP contribution in [0.25, 0.3) is 0 Å². The Kier molecular flexibility index (Phi) is 4.71. The van der Waals surface area contributed by atoms with E-state index in [0.29, 0.717) is 23.0 Å². The van der Waals surface area contributed by atoms with Gasteiger partial charge in [0.15, 0.2) is 0 Å². The standard InChI is InChI=1S/C18H19N5O/c1-13-5-7-23(8-6-13)18(24)16-11-21-17(12-20-16)22-15-4-2-3-14(9-15)10-19/h2-4,9,11-13H,5-8H2,1H3,(H,21,22). The van der Waals surface area contributed by atoms with E-state index in [-0.39, 0.29) is 5.91 Å². The van der Waals surface area contributed by atoms with Gasteiger partial charge in [-0.15, -0.1) is 0 Å². The van der Waals surface area contributed by atoms with Gasteiger partial charge >= 0.3 is 0 Å². The van der Waals surface area contributed by atoms with Crippen LogP contribution < -0.4 is 5.32 Å². The Bertz CT molecular complexity index is 758. The number of hydrogen-bond donors (Lipinski definition) is 1. The van der Waals surface area contributed by atoms with Gasteiger partial charge in [-0.2, -0.15) is 5.26 Å². The molecule has 0 spiro atoms. The highest BCUT2D eigenvalue weighted by molar-refractivity contribution is 5.92. The minimum absolute atomic E-state index is 0.0626. The van der Waals surface area contributed by atoms with Gasteiger partial charge in [0, 0.05) is 18.8 Å². The molecular weight excluding hydrogens is 302 g/mol. The van der Waals surface area contributed by atoms with E-state index in [2.05, 4.69) is 28.3 Å². The summed E-state index contributed by atoms with van der Waals surface area (Å²) in [6.07, 6.45) is 5.11. The molecule has 0 radical (unpaired) electrons. The van der Waals surface area contributed by atoms with Crippen LogP contribution in [0.4, 0.5) is 11.5 Å². The van der Waals surface area contributed by atoms with E-state index >= 15 is 0 Å². The Morgan fingerprint density at radius 1 is 1.29 bits per heavy atom. The first kappa shape index (κ1) is 15.9. The molecule has 2 aromatic rings. The summed E-state index contributed by atoms with van der Waals surface area (Å²) in [7, 11) is 0. The Balaban J connectivity index is 1.67. The third-order valence-electron chi connectivity index (χ3n) is 4.21. The average molecular weight is 321 g/mol. The second-order valence-electron chi connectivity index (χ2n) is 6.08. The lowest BCUT2D eigenvalue weighted by Crippen LogP contribution is -2.38. The molecule has 0 atom stereocenters. The molecular formula is C18H19N5O. The molecule has 1 aromatic heterocycles. The fraction of sp³-hybridized carbons (Fsp3) is 0.333. The quantitative estimate of drug-likeness (QED) is 0.940. The van der Waals surface area contributed by atoms with Crippen LogP contribution in [0.1, 0.15) is 35.8 Å². The molecule has 2 heterocycles. The van der Waals surface area contributed by atoms with Crippen LogP contribution in [0.15, 0.2) is 36.7 Å². The molecule has 0 unspecified atom stereocenters. The number of anilines is 2. The van der Waals surface area contributed by atoms with E-state index in [1.54, 1.807) is 24.4 Å². The molecule has 1 N–H and O–H groups in total. The number of piperidine rings is 1. The molecule has 1 saturated heterocycles. The Morgan fingerprint density at radius 3 is 2.75 bits per heavy atom. The second kappa shape index (κ2) is 7.09. The minimum Gasteiger partial charge on any atom is -0.339 e. The van der Waals surface area contributed by atoms with E-state index in [9.17, 15) is 4.79 Å². The molecule has 122 valence electrons.